The average molecular weight is 442 g/mol. The largest absolute Gasteiger partial charge is 0.481 e. The quantitative estimate of drug-likeness (QED) is 0.459. The molecule has 0 aliphatic carbocycles. The van der Waals surface area contributed by atoms with E-state index in [0.717, 1.165) is 84.8 Å². The standard InChI is InChI=1S/C22H43N5O4/c1-22(2,3)31-21(30)23-7-4-5-8-24-10-14-26(15-11-24)18-19-27-16-12-25(13-17-27)9-6-20(28)29/h4-19H2,1-3H3,(H,23,30)(H,28,29). The van der Waals surface area contributed by atoms with Crippen molar-refractivity contribution in [2.24, 2.45) is 0 Å². The van der Waals surface area contributed by atoms with Crippen LogP contribution in [-0.4, -0.2) is 127 Å². The molecule has 9 heteroatoms. The maximum Gasteiger partial charge on any atom is 0.407 e. The van der Waals surface area contributed by atoms with E-state index < -0.39 is 11.6 Å². The molecule has 0 aromatic carbocycles. The van der Waals surface area contributed by atoms with Gasteiger partial charge in [0.05, 0.1) is 6.42 Å². The van der Waals surface area contributed by atoms with Crippen LogP contribution in [0.5, 0.6) is 0 Å². The van der Waals surface area contributed by atoms with Crippen molar-refractivity contribution in [3.05, 3.63) is 0 Å². The van der Waals surface area contributed by atoms with Crippen LogP contribution in [0.3, 0.4) is 0 Å². The smallest absolute Gasteiger partial charge is 0.407 e. The fraction of sp³-hybridized carbons (Fsp3) is 0.909. The van der Waals surface area contributed by atoms with Crippen LogP contribution in [0.2, 0.25) is 0 Å². The van der Waals surface area contributed by atoms with Crippen molar-refractivity contribution < 1.29 is 19.4 Å². The Kier molecular flexibility index (Phi) is 11.0. The Morgan fingerprint density at radius 3 is 1.68 bits per heavy atom. The van der Waals surface area contributed by atoms with Crippen molar-refractivity contribution in [2.45, 2.75) is 45.6 Å². The fourth-order valence-corrected chi connectivity index (χ4v) is 3.97. The lowest BCUT2D eigenvalue weighted by molar-refractivity contribution is -0.137. The van der Waals surface area contributed by atoms with Gasteiger partial charge in [0.2, 0.25) is 0 Å². The SMILES string of the molecule is CC(C)(C)OC(=O)NCCCCN1CCN(CCN2CCN(CCC(=O)O)CC2)CC1. The molecule has 0 atom stereocenters. The summed E-state index contributed by atoms with van der Waals surface area (Å²) in [5.74, 6) is -0.709. The van der Waals surface area contributed by atoms with Crippen LogP contribution in [-0.2, 0) is 9.53 Å². The van der Waals surface area contributed by atoms with Gasteiger partial charge in [-0.15, -0.1) is 0 Å². The van der Waals surface area contributed by atoms with Gasteiger partial charge in [0.15, 0.2) is 0 Å². The highest BCUT2D eigenvalue weighted by Crippen LogP contribution is 2.08. The predicted octanol–water partition coefficient (Wildman–Crippen LogP) is 1.00. The summed E-state index contributed by atoms with van der Waals surface area (Å²) in [5.41, 5.74) is -0.444. The van der Waals surface area contributed by atoms with Gasteiger partial charge in [0, 0.05) is 78.5 Å². The molecule has 2 aliphatic rings. The van der Waals surface area contributed by atoms with E-state index in [1.54, 1.807) is 0 Å². The summed E-state index contributed by atoms with van der Waals surface area (Å²) in [6, 6.07) is 0. The van der Waals surface area contributed by atoms with E-state index in [2.05, 4.69) is 24.9 Å². The minimum absolute atomic E-state index is 0.241. The third kappa shape index (κ3) is 11.7. The maximum absolute atomic E-state index is 11.6. The highest BCUT2D eigenvalue weighted by molar-refractivity contribution is 5.67. The topological polar surface area (TPSA) is 88.6 Å². The first-order chi connectivity index (χ1) is 14.7. The van der Waals surface area contributed by atoms with Crippen LogP contribution in [0.4, 0.5) is 4.79 Å². The number of ether oxygens (including phenoxy) is 1. The van der Waals surface area contributed by atoms with Crippen molar-refractivity contribution in [2.75, 3.05) is 85.1 Å². The molecule has 2 N–H and O–H groups in total. The lowest BCUT2D eigenvalue weighted by Crippen LogP contribution is -2.51. The zero-order chi connectivity index (χ0) is 22.7. The minimum Gasteiger partial charge on any atom is -0.481 e. The van der Waals surface area contributed by atoms with Crippen LogP contribution in [0.25, 0.3) is 0 Å². The van der Waals surface area contributed by atoms with E-state index in [-0.39, 0.29) is 12.5 Å². The molecule has 9 nitrogen and oxygen atoms in total. The number of amides is 1. The zero-order valence-corrected chi connectivity index (χ0v) is 19.8. The second-order valence-corrected chi connectivity index (χ2v) is 9.65. The second-order valence-electron chi connectivity index (χ2n) is 9.65. The van der Waals surface area contributed by atoms with Crippen molar-refractivity contribution in [1.82, 2.24) is 24.9 Å². The summed E-state index contributed by atoms with van der Waals surface area (Å²) in [4.78, 5) is 32.2. The summed E-state index contributed by atoms with van der Waals surface area (Å²) in [6.07, 6.45) is 1.97. The lowest BCUT2D eigenvalue weighted by atomic mass is 10.2. The molecule has 2 heterocycles. The predicted molar refractivity (Wildman–Crippen MR) is 121 cm³/mol. The maximum atomic E-state index is 11.6. The van der Waals surface area contributed by atoms with E-state index in [0.29, 0.717) is 13.1 Å². The van der Waals surface area contributed by atoms with Crippen LogP contribution in [0.1, 0.15) is 40.0 Å². The van der Waals surface area contributed by atoms with Crippen molar-refractivity contribution >= 4 is 12.1 Å². The number of carbonyl (C=O) groups is 2. The molecule has 2 rings (SSSR count). The van der Waals surface area contributed by atoms with Gasteiger partial charge < -0.3 is 25.0 Å². The van der Waals surface area contributed by atoms with Crippen LogP contribution in [0, 0.1) is 0 Å². The molecule has 0 aromatic rings. The van der Waals surface area contributed by atoms with E-state index in [4.69, 9.17) is 9.84 Å². The zero-order valence-electron chi connectivity index (χ0n) is 19.8. The normalized spacial score (nSPS) is 20.0. The third-order valence-electron chi connectivity index (χ3n) is 5.87. The molecule has 180 valence electrons. The molecule has 31 heavy (non-hydrogen) atoms. The van der Waals surface area contributed by atoms with E-state index >= 15 is 0 Å². The number of carboxylic acids is 1. The van der Waals surface area contributed by atoms with Gasteiger partial charge in [-0.05, 0) is 40.2 Å². The van der Waals surface area contributed by atoms with Crippen molar-refractivity contribution in [1.29, 1.82) is 0 Å². The summed E-state index contributed by atoms with van der Waals surface area (Å²) in [5, 5.41) is 11.6. The number of carboxylic acid groups (broad SMARTS) is 1. The Bertz CT molecular complexity index is 539. The van der Waals surface area contributed by atoms with Gasteiger partial charge in [-0.2, -0.15) is 0 Å². The summed E-state index contributed by atoms with van der Waals surface area (Å²) in [7, 11) is 0. The molecule has 1 amide bonds. The van der Waals surface area contributed by atoms with Gasteiger partial charge in [-0.25, -0.2) is 4.79 Å². The number of nitrogens with zero attached hydrogens (tertiary/aromatic N) is 4. The van der Waals surface area contributed by atoms with Gasteiger partial charge in [-0.1, -0.05) is 0 Å². The number of nitrogens with one attached hydrogen (secondary N) is 1. The van der Waals surface area contributed by atoms with Gasteiger partial charge in [0.25, 0.3) is 0 Å². The van der Waals surface area contributed by atoms with Crippen molar-refractivity contribution in [3.8, 4) is 0 Å². The van der Waals surface area contributed by atoms with Gasteiger partial charge >= 0.3 is 12.1 Å². The molecule has 2 aliphatic heterocycles. The number of unbranched alkanes of at least 4 members (excludes halogenated alkanes) is 1. The number of carbonyl (C=O) groups excluding carboxylic acids is 1. The van der Waals surface area contributed by atoms with Crippen molar-refractivity contribution in [3.63, 3.8) is 0 Å². The molecule has 0 bridgehead atoms. The molecule has 0 saturated carbocycles. The summed E-state index contributed by atoms with van der Waals surface area (Å²) >= 11 is 0. The first-order valence-corrected chi connectivity index (χ1v) is 11.8. The minimum atomic E-state index is -0.709. The molecule has 0 radical (unpaired) electrons. The highest BCUT2D eigenvalue weighted by Gasteiger charge is 2.20. The van der Waals surface area contributed by atoms with Crippen LogP contribution < -0.4 is 5.32 Å². The van der Waals surface area contributed by atoms with Gasteiger partial charge in [-0.3, -0.25) is 14.6 Å². The number of aliphatic carboxylic acids is 1. The monoisotopic (exact) mass is 441 g/mol. The Morgan fingerprint density at radius 1 is 0.774 bits per heavy atom. The highest BCUT2D eigenvalue weighted by atomic mass is 16.6. The summed E-state index contributed by atoms with van der Waals surface area (Å²) in [6.45, 7) is 18.7. The molecule has 2 saturated heterocycles. The Morgan fingerprint density at radius 2 is 1.23 bits per heavy atom. The lowest BCUT2D eigenvalue weighted by Gasteiger charge is -2.38. The first-order valence-electron chi connectivity index (χ1n) is 11.8. The summed E-state index contributed by atoms with van der Waals surface area (Å²) < 4.78 is 5.24. The molecular formula is C22H43N5O4. The van der Waals surface area contributed by atoms with Gasteiger partial charge in [0.1, 0.15) is 5.60 Å². The Labute approximate surface area is 187 Å². The third-order valence-corrected chi connectivity index (χ3v) is 5.87. The molecule has 0 aromatic heterocycles. The average Bonchev–Trinajstić information content (AvgIpc) is 2.71. The Balaban J connectivity index is 1.46. The van der Waals surface area contributed by atoms with E-state index in [1.807, 2.05) is 20.8 Å². The number of hydrogen-bond acceptors (Lipinski definition) is 7. The molecule has 0 unspecified atom stereocenters. The van der Waals surface area contributed by atoms with Crippen LogP contribution >= 0.6 is 0 Å². The Hall–Kier alpha value is -1.42. The number of piperazine rings is 2. The van der Waals surface area contributed by atoms with E-state index in [9.17, 15) is 9.59 Å². The molecule has 2 fully saturated rings. The second kappa shape index (κ2) is 13.2. The fourth-order valence-electron chi connectivity index (χ4n) is 3.97. The molecule has 0 spiro atoms. The molecular weight excluding hydrogens is 398 g/mol. The van der Waals surface area contributed by atoms with Crippen LogP contribution in [0.15, 0.2) is 0 Å². The number of rotatable bonds is 11. The first kappa shape index (κ1) is 25.8. The number of hydrogen-bond donors (Lipinski definition) is 2. The van der Waals surface area contributed by atoms with E-state index in [1.165, 1.54) is 0 Å². The number of alkyl carbamates (subject to hydrolysis) is 1.